The second-order valence-corrected chi connectivity index (χ2v) is 8.17. The molecule has 2 aromatic carbocycles. The largest absolute Gasteiger partial charge is 0.306 e. The molecule has 1 aliphatic rings. The third-order valence-corrected chi connectivity index (χ3v) is 6.36. The summed E-state index contributed by atoms with van der Waals surface area (Å²) in [4.78, 5) is 28.5. The number of hydrogen-bond acceptors (Lipinski definition) is 6. The Bertz CT molecular complexity index is 1290. The van der Waals surface area contributed by atoms with Crippen LogP contribution >= 0.6 is 11.3 Å². The van der Waals surface area contributed by atoms with Crippen LogP contribution in [0.3, 0.4) is 0 Å². The maximum absolute atomic E-state index is 13.1. The van der Waals surface area contributed by atoms with Gasteiger partial charge in [0.05, 0.1) is 20.8 Å². The number of nitrogens with one attached hydrogen (secondary N) is 1. The molecule has 5 rings (SSSR count). The molecule has 1 aliphatic carbocycles. The highest BCUT2D eigenvalue weighted by Gasteiger charge is 2.27. The third kappa shape index (κ3) is 2.94. The van der Waals surface area contributed by atoms with Gasteiger partial charge in [-0.2, -0.15) is 9.78 Å². The second-order valence-electron chi connectivity index (χ2n) is 7.16. The van der Waals surface area contributed by atoms with Crippen LogP contribution in [0.25, 0.3) is 15.3 Å². The summed E-state index contributed by atoms with van der Waals surface area (Å²) in [5, 5.41) is 19.6. The Morgan fingerprint density at radius 2 is 2.03 bits per heavy atom. The molecule has 0 saturated heterocycles. The Labute approximate surface area is 175 Å². The van der Waals surface area contributed by atoms with Crippen molar-refractivity contribution >= 4 is 39.0 Å². The number of amides is 1. The average Bonchev–Trinajstić information content (AvgIpc) is 3.42. The number of nitro groups is 1. The van der Waals surface area contributed by atoms with Gasteiger partial charge in [0, 0.05) is 22.8 Å². The molecule has 8 nitrogen and oxygen atoms in total. The van der Waals surface area contributed by atoms with Gasteiger partial charge in [0.25, 0.3) is 11.6 Å². The van der Waals surface area contributed by atoms with E-state index in [2.05, 4.69) is 10.3 Å². The first-order valence-corrected chi connectivity index (χ1v) is 10.4. The van der Waals surface area contributed by atoms with E-state index in [9.17, 15) is 14.9 Å². The van der Waals surface area contributed by atoms with Gasteiger partial charge >= 0.3 is 0 Å². The summed E-state index contributed by atoms with van der Waals surface area (Å²) in [6.07, 6.45) is 2.66. The molecule has 0 bridgehead atoms. The molecule has 1 N–H and O–H groups in total. The molecule has 2 heterocycles. The first-order valence-electron chi connectivity index (χ1n) is 9.55. The molecule has 30 heavy (non-hydrogen) atoms. The van der Waals surface area contributed by atoms with Crippen LogP contribution in [0.1, 0.15) is 33.6 Å². The van der Waals surface area contributed by atoms with E-state index in [1.165, 1.54) is 23.5 Å². The van der Waals surface area contributed by atoms with Crippen molar-refractivity contribution in [2.45, 2.75) is 26.2 Å². The lowest BCUT2D eigenvalue weighted by molar-refractivity contribution is -0.385. The number of rotatable bonds is 4. The van der Waals surface area contributed by atoms with E-state index in [1.54, 1.807) is 17.7 Å². The van der Waals surface area contributed by atoms with Crippen LogP contribution in [0.4, 0.5) is 11.5 Å². The molecular weight excluding hydrogens is 402 g/mol. The molecule has 0 unspecified atom stereocenters. The number of carbonyl (C=O) groups is 1. The molecule has 2 aromatic heterocycles. The molecule has 0 saturated carbocycles. The van der Waals surface area contributed by atoms with Gasteiger partial charge in [0.15, 0.2) is 0 Å². The number of hydrogen-bond donors (Lipinski definition) is 1. The van der Waals surface area contributed by atoms with E-state index >= 15 is 0 Å². The fourth-order valence-corrected chi connectivity index (χ4v) is 4.78. The fraction of sp³-hybridized carbons (Fsp3) is 0.190. The van der Waals surface area contributed by atoms with Crippen molar-refractivity contribution in [3.05, 3.63) is 75.0 Å². The summed E-state index contributed by atoms with van der Waals surface area (Å²) in [6, 6.07) is 12.3. The fourth-order valence-electron chi connectivity index (χ4n) is 3.85. The Kier molecular flexibility index (Phi) is 4.32. The van der Waals surface area contributed by atoms with Crippen LogP contribution in [0.2, 0.25) is 0 Å². The minimum atomic E-state index is -0.477. The monoisotopic (exact) mass is 419 g/mol. The lowest BCUT2D eigenvalue weighted by Crippen LogP contribution is -2.17. The highest BCUT2D eigenvalue weighted by Crippen LogP contribution is 2.34. The number of para-hydroxylation sites is 1. The highest BCUT2D eigenvalue weighted by atomic mass is 32.1. The van der Waals surface area contributed by atoms with Gasteiger partial charge < -0.3 is 5.32 Å². The number of aromatic nitrogens is 3. The molecule has 0 atom stereocenters. The summed E-state index contributed by atoms with van der Waals surface area (Å²) in [6.45, 7) is 1.59. The van der Waals surface area contributed by atoms with Crippen LogP contribution in [-0.4, -0.2) is 25.6 Å². The number of carbonyl (C=O) groups excluding carboxylic acids is 1. The van der Waals surface area contributed by atoms with Crippen LogP contribution < -0.4 is 5.32 Å². The van der Waals surface area contributed by atoms with E-state index in [0.29, 0.717) is 16.5 Å². The van der Waals surface area contributed by atoms with Gasteiger partial charge in [-0.1, -0.05) is 29.5 Å². The molecular formula is C21H17N5O3S. The summed E-state index contributed by atoms with van der Waals surface area (Å²) in [5.41, 5.74) is 3.37. The van der Waals surface area contributed by atoms with Gasteiger partial charge in [-0.15, -0.1) is 0 Å². The lowest BCUT2D eigenvalue weighted by atomic mass is 10.1. The van der Waals surface area contributed by atoms with Gasteiger partial charge in [-0.25, -0.2) is 4.98 Å². The summed E-state index contributed by atoms with van der Waals surface area (Å²) < 4.78 is 2.73. The van der Waals surface area contributed by atoms with Crippen molar-refractivity contribution < 1.29 is 9.72 Å². The van der Waals surface area contributed by atoms with Crippen molar-refractivity contribution in [1.29, 1.82) is 0 Å². The maximum Gasteiger partial charge on any atom is 0.273 e. The molecule has 0 fully saturated rings. The first kappa shape index (κ1) is 18.4. The summed E-state index contributed by atoms with van der Waals surface area (Å²) >= 11 is 1.50. The molecule has 0 aliphatic heterocycles. The maximum atomic E-state index is 13.1. The standard InChI is InChI=1S/C21H17N5O3S/c1-12-13(6-5-10-17(12)26(28)29)20(27)23-19-14-7-4-9-15(14)24-25(19)21-22-16-8-2-3-11-18(16)30-21/h2-3,5-6,8,10-11H,4,7,9H2,1H3,(H,23,27). The number of fused-ring (bicyclic) bond motifs is 2. The van der Waals surface area contributed by atoms with Crippen LogP contribution in [0, 0.1) is 17.0 Å². The number of nitro benzene ring substituents is 1. The number of aryl methyl sites for hydroxylation is 1. The van der Waals surface area contributed by atoms with Crippen LogP contribution in [0.5, 0.6) is 0 Å². The van der Waals surface area contributed by atoms with E-state index in [4.69, 9.17) is 5.10 Å². The average molecular weight is 419 g/mol. The second kappa shape index (κ2) is 7.03. The Morgan fingerprint density at radius 3 is 2.83 bits per heavy atom. The number of thiazole rings is 1. The zero-order valence-electron chi connectivity index (χ0n) is 16.1. The minimum absolute atomic E-state index is 0.0763. The number of anilines is 1. The highest BCUT2D eigenvalue weighted by molar-refractivity contribution is 7.20. The molecule has 1 amide bonds. The Morgan fingerprint density at radius 1 is 1.20 bits per heavy atom. The summed E-state index contributed by atoms with van der Waals surface area (Å²) in [5.74, 6) is 0.200. The normalized spacial score (nSPS) is 12.8. The predicted molar refractivity (Wildman–Crippen MR) is 115 cm³/mol. The van der Waals surface area contributed by atoms with Gasteiger partial charge in [0.1, 0.15) is 5.82 Å². The molecule has 4 aromatic rings. The lowest BCUT2D eigenvalue weighted by Gasteiger charge is -2.10. The molecule has 0 radical (unpaired) electrons. The van der Waals surface area contributed by atoms with E-state index in [1.807, 2.05) is 24.3 Å². The van der Waals surface area contributed by atoms with Crippen molar-refractivity contribution in [3.8, 4) is 5.13 Å². The molecule has 150 valence electrons. The van der Waals surface area contributed by atoms with E-state index in [-0.39, 0.29) is 11.3 Å². The SMILES string of the molecule is Cc1c(C(=O)Nc2c3c(nn2-c2nc4ccccc4s2)CCC3)cccc1[N+](=O)[O-]. The minimum Gasteiger partial charge on any atom is -0.306 e. The zero-order valence-corrected chi connectivity index (χ0v) is 16.9. The predicted octanol–water partition coefficient (Wildman–Crippen LogP) is 4.44. The van der Waals surface area contributed by atoms with Crippen molar-refractivity contribution in [2.75, 3.05) is 5.32 Å². The van der Waals surface area contributed by atoms with Gasteiger partial charge in [-0.05, 0) is 44.4 Å². The first-order chi connectivity index (χ1) is 14.5. The van der Waals surface area contributed by atoms with E-state index in [0.717, 1.165) is 40.7 Å². The van der Waals surface area contributed by atoms with Crippen molar-refractivity contribution in [2.24, 2.45) is 0 Å². The third-order valence-electron chi connectivity index (χ3n) is 5.35. The Balaban J connectivity index is 1.57. The van der Waals surface area contributed by atoms with Crippen molar-refractivity contribution in [1.82, 2.24) is 14.8 Å². The smallest absolute Gasteiger partial charge is 0.273 e. The number of benzene rings is 2. The van der Waals surface area contributed by atoms with E-state index < -0.39 is 10.8 Å². The zero-order chi connectivity index (χ0) is 20.8. The number of nitrogens with zero attached hydrogens (tertiary/aromatic N) is 4. The molecule has 0 spiro atoms. The Hall–Kier alpha value is -3.59. The van der Waals surface area contributed by atoms with Crippen LogP contribution in [-0.2, 0) is 12.8 Å². The van der Waals surface area contributed by atoms with Crippen LogP contribution in [0.15, 0.2) is 42.5 Å². The topological polar surface area (TPSA) is 103 Å². The molecule has 9 heteroatoms. The van der Waals surface area contributed by atoms with Crippen molar-refractivity contribution in [3.63, 3.8) is 0 Å². The van der Waals surface area contributed by atoms with Gasteiger partial charge in [0.2, 0.25) is 5.13 Å². The quantitative estimate of drug-likeness (QED) is 0.389. The summed E-state index contributed by atoms with van der Waals surface area (Å²) in [7, 11) is 0. The van der Waals surface area contributed by atoms with Gasteiger partial charge in [-0.3, -0.25) is 14.9 Å².